The summed E-state index contributed by atoms with van der Waals surface area (Å²) in [6.07, 6.45) is -4.96. The Morgan fingerprint density at radius 2 is 1.67 bits per heavy atom. The van der Waals surface area contributed by atoms with E-state index < -0.39 is 24.0 Å². The quantitative estimate of drug-likeness (QED) is 0.613. The van der Waals surface area contributed by atoms with Gasteiger partial charge in [-0.3, -0.25) is 14.4 Å². The Bertz CT molecular complexity index is 988. The number of nitrogens with zero attached hydrogens (tertiary/aromatic N) is 1. The van der Waals surface area contributed by atoms with Gasteiger partial charge in [0.1, 0.15) is 6.04 Å². The molecule has 1 unspecified atom stereocenters. The molecule has 33 heavy (non-hydrogen) atoms. The average Bonchev–Trinajstić information content (AvgIpc) is 2.75. The monoisotopic (exact) mass is 463 g/mol. The van der Waals surface area contributed by atoms with Crippen LogP contribution in [-0.2, 0) is 16.1 Å². The summed E-state index contributed by atoms with van der Waals surface area (Å²) in [6, 6.07) is 12.3. The molecule has 9 heteroatoms. The Morgan fingerprint density at radius 1 is 1.03 bits per heavy atom. The standard InChI is InChI=1S/C24H28F3N3O3/c1-5-30(23(33)24(25,26)27)14-17-7-6-8-19(13-17)28-22(32)20(15(2)3)29-21(31)18-11-9-16(4)10-12-18/h6-13,15,20H,5,14H2,1-4H3,(H,28,32)(H,29,31). The molecule has 2 aromatic carbocycles. The molecule has 3 amide bonds. The maximum absolute atomic E-state index is 12.9. The van der Waals surface area contributed by atoms with E-state index in [1.54, 1.807) is 56.3 Å². The Labute approximate surface area is 191 Å². The van der Waals surface area contributed by atoms with Gasteiger partial charge in [0.2, 0.25) is 5.91 Å². The van der Waals surface area contributed by atoms with E-state index in [9.17, 15) is 27.6 Å². The highest BCUT2D eigenvalue weighted by molar-refractivity contribution is 6.01. The predicted molar refractivity (Wildman–Crippen MR) is 119 cm³/mol. The molecule has 0 saturated heterocycles. The summed E-state index contributed by atoms with van der Waals surface area (Å²) in [5.41, 5.74) is 2.21. The van der Waals surface area contributed by atoms with Crippen molar-refractivity contribution in [3.05, 3.63) is 65.2 Å². The van der Waals surface area contributed by atoms with Crippen LogP contribution in [0.2, 0.25) is 0 Å². The van der Waals surface area contributed by atoms with E-state index in [1.807, 2.05) is 6.92 Å². The molecule has 2 rings (SSSR count). The van der Waals surface area contributed by atoms with E-state index in [2.05, 4.69) is 10.6 Å². The Kier molecular flexibility index (Phi) is 8.62. The summed E-state index contributed by atoms with van der Waals surface area (Å²) in [7, 11) is 0. The van der Waals surface area contributed by atoms with Gasteiger partial charge in [0.25, 0.3) is 5.91 Å². The third-order valence-corrected chi connectivity index (χ3v) is 5.03. The molecular weight excluding hydrogens is 435 g/mol. The van der Waals surface area contributed by atoms with Gasteiger partial charge < -0.3 is 15.5 Å². The van der Waals surface area contributed by atoms with Crippen molar-refractivity contribution in [2.45, 2.75) is 46.5 Å². The van der Waals surface area contributed by atoms with Crippen LogP contribution in [0.3, 0.4) is 0 Å². The largest absolute Gasteiger partial charge is 0.471 e. The highest BCUT2D eigenvalue weighted by Crippen LogP contribution is 2.21. The van der Waals surface area contributed by atoms with E-state index in [0.717, 1.165) is 5.56 Å². The van der Waals surface area contributed by atoms with Crippen LogP contribution >= 0.6 is 0 Å². The summed E-state index contributed by atoms with van der Waals surface area (Å²) in [5, 5.41) is 5.43. The maximum atomic E-state index is 12.9. The lowest BCUT2D eigenvalue weighted by atomic mass is 10.0. The molecule has 0 aliphatic rings. The third kappa shape index (κ3) is 7.34. The minimum absolute atomic E-state index is 0.116. The number of halogens is 3. The van der Waals surface area contributed by atoms with Crippen molar-refractivity contribution in [3.63, 3.8) is 0 Å². The van der Waals surface area contributed by atoms with E-state index >= 15 is 0 Å². The van der Waals surface area contributed by atoms with Crippen LogP contribution in [0.25, 0.3) is 0 Å². The lowest BCUT2D eigenvalue weighted by Gasteiger charge is -2.23. The number of nitrogens with one attached hydrogen (secondary N) is 2. The topological polar surface area (TPSA) is 78.5 Å². The van der Waals surface area contributed by atoms with Crippen LogP contribution in [-0.4, -0.2) is 41.4 Å². The minimum atomic E-state index is -4.96. The molecule has 0 spiro atoms. The highest BCUT2D eigenvalue weighted by atomic mass is 19.4. The molecule has 178 valence electrons. The SMILES string of the molecule is CCN(Cc1cccc(NC(=O)C(NC(=O)c2ccc(C)cc2)C(C)C)c1)C(=O)C(F)(F)F. The van der Waals surface area contributed by atoms with Gasteiger partial charge in [0, 0.05) is 24.3 Å². The number of alkyl halides is 3. The van der Waals surface area contributed by atoms with Gasteiger partial charge in [-0.15, -0.1) is 0 Å². The Hall–Kier alpha value is -3.36. The first kappa shape index (κ1) is 25.9. The molecule has 6 nitrogen and oxygen atoms in total. The number of benzene rings is 2. The minimum Gasteiger partial charge on any atom is -0.340 e. The normalized spacial score (nSPS) is 12.2. The molecule has 0 saturated carbocycles. The lowest BCUT2D eigenvalue weighted by Crippen LogP contribution is -2.47. The zero-order valence-corrected chi connectivity index (χ0v) is 19.0. The van der Waals surface area contributed by atoms with Gasteiger partial charge in [0.05, 0.1) is 0 Å². The summed E-state index contributed by atoms with van der Waals surface area (Å²) in [4.78, 5) is 37.7. The number of carbonyl (C=O) groups excluding carboxylic acids is 3. The van der Waals surface area contributed by atoms with Crippen molar-refractivity contribution in [1.29, 1.82) is 0 Å². The molecule has 2 aromatic rings. The van der Waals surface area contributed by atoms with Gasteiger partial charge in [-0.05, 0) is 49.6 Å². The van der Waals surface area contributed by atoms with Crippen molar-refractivity contribution in [2.24, 2.45) is 5.92 Å². The zero-order chi connectivity index (χ0) is 24.8. The van der Waals surface area contributed by atoms with Crippen LogP contribution in [0.4, 0.5) is 18.9 Å². The number of rotatable bonds is 8. The summed E-state index contributed by atoms with van der Waals surface area (Å²) >= 11 is 0. The lowest BCUT2D eigenvalue weighted by molar-refractivity contribution is -0.185. The van der Waals surface area contributed by atoms with Crippen LogP contribution in [0.5, 0.6) is 0 Å². The first-order valence-electron chi connectivity index (χ1n) is 10.6. The molecule has 0 heterocycles. The molecule has 0 aliphatic carbocycles. The molecule has 2 N–H and O–H groups in total. The number of anilines is 1. The molecule has 0 bridgehead atoms. The van der Waals surface area contributed by atoms with E-state index in [4.69, 9.17) is 0 Å². The number of hydrogen-bond donors (Lipinski definition) is 2. The summed E-state index contributed by atoms with van der Waals surface area (Å²) in [6.45, 7) is 6.57. The molecule has 0 aliphatic heterocycles. The van der Waals surface area contributed by atoms with Crippen molar-refractivity contribution in [3.8, 4) is 0 Å². The second-order valence-electron chi connectivity index (χ2n) is 8.07. The van der Waals surface area contributed by atoms with Crippen molar-refractivity contribution in [2.75, 3.05) is 11.9 Å². The van der Waals surface area contributed by atoms with Crippen LogP contribution in [0.1, 0.15) is 42.3 Å². The van der Waals surface area contributed by atoms with Crippen molar-refractivity contribution >= 4 is 23.4 Å². The van der Waals surface area contributed by atoms with Gasteiger partial charge >= 0.3 is 12.1 Å². The molecule has 0 aromatic heterocycles. The number of carbonyl (C=O) groups is 3. The highest BCUT2D eigenvalue weighted by Gasteiger charge is 2.41. The number of hydrogen-bond acceptors (Lipinski definition) is 3. The van der Waals surface area contributed by atoms with E-state index in [0.29, 0.717) is 21.7 Å². The number of aryl methyl sites for hydroxylation is 1. The van der Waals surface area contributed by atoms with Crippen LogP contribution in [0, 0.1) is 12.8 Å². The van der Waals surface area contributed by atoms with Crippen LogP contribution in [0.15, 0.2) is 48.5 Å². The second-order valence-corrected chi connectivity index (χ2v) is 8.07. The first-order chi connectivity index (χ1) is 15.4. The fraction of sp³-hybridized carbons (Fsp3) is 0.375. The summed E-state index contributed by atoms with van der Waals surface area (Å²) < 4.78 is 38.3. The third-order valence-electron chi connectivity index (χ3n) is 5.03. The second kappa shape index (κ2) is 11.0. The van der Waals surface area contributed by atoms with Gasteiger partial charge in [-0.2, -0.15) is 13.2 Å². The molecule has 0 fully saturated rings. The van der Waals surface area contributed by atoms with Gasteiger partial charge in [-0.1, -0.05) is 43.7 Å². The average molecular weight is 464 g/mol. The molecular formula is C24H28F3N3O3. The molecule has 0 radical (unpaired) electrons. The fourth-order valence-corrected chi connectivity index (χ4v) is 3.16. The zero-order valence-electron chi connectivity index (χ0n) is 19.0. The fourth-order valence-electron chi connectivity index (χ4n) is 3.16. The van der Waals surface area contributed by atoms with Crippen molar-refractivity contribution in [1.82, 2.24) is 10.2 Å². The molecule has 1 atom stereocenters. The first-order valence-corrected chi connectivity index (χ1v) is 10.6. The summed E-state index contributed by atoms with van der Waals surface area (Å²) in [5.74, 6) is -2.98. The van der Waals surface area contributed by atoms with Crippen molar-refractivity contribution < 1.29 is 27.6 Å². The number of amides is 3. The van der Waals surface area contributed by atoms with E-state index in [-0.39, 0.29) is 24.9 Å². The van der Waals surface area contributed by atoms with Gasteiger partial charge in [0.15, 0.2) is 0 Å². The van der Waals surface area contributed by atoms with Gasteiger partial charge in [-0.25, -0.2) is 0 Å². The van der Waals surface area contributed by atoms with Crippen LogP contribution < -0.4 is 10.6 Å². The smallest absolute Gasteiger partial charge is 0.340 e. The Morgan fingerprint density at radius 3 is 2.21 bits per heavy atom. The maximum Gasteiger partial charge on any atom is 0.471 e. The van der Waals surface area contributed by atoms with E-state index in [1.165, 1.54) is 13.0 Å². The predicted octanol–water partition coefficient (Wildman–Crippen LogP) is 4.30. The Balaban J connectivity index is 2.11.